The summed E-state index contributed by atoms with van der Waals surface area (Å²) in [5.41, 5.74) is 7.76. The van der Waals surface area contributed by atoms with Crippen molar-refractivity contribution in [3.05, 3.63) is 42.0 Å². The van der Waals surface area contributed by atoms with E-state index in [1.165, 1.54) is 16.3 Å². The maximum absolute atomic E-state index is 6.21. The number of methoxy groups -OCH3 is 1. The normalized spacial score (nSPS) is 25.1. The highest BCUT2D eigenvalue weighted by Gasteiger charge is 2.56. The Balaban J connectivity index is 2.21. The van der Waals surface area contributed by atoms with Gasteiger partial charge in [0, 0.05) is 17.3 Å². The van der Waals surface area contributed by atoms with Gasteiger partial charge < -0.3 is 10.5 Å². The lowest BCUT2D eigenvalue weighted by Gasteiger charge is -2.11. The van der Waals surface area contributed by atoms with Crippen molar-refractivity contribution in [1.29, 1.82) is 0 Å². The van der Waals surface area contributed by atoms with Gasteiger partial charge in [0.2, 0.25) is 0 Å². The Morgan fingerprint density at radius 1 is 1.06 bits per heavy atom. The predicted molar refractivity (Wildman–Crippen MR) is 75.0 cm³/mol. The van der Waals surface area contributed by atoms with Crippen LogP contribution in [0.3, 0.4) is 0 Å². The standard InChI is InChI=1S/C16H19NO/c1-16(2)14(15(16)17)12-8-9-13(18-3)11-7-5-4-6-10(11)12/h4-9,14-15H,17H2,1-3H3/t14-,15-/m0/s1. The van der Waals surface area contributed by atoms with Crippen LogP contribution in [0.1, 0.15) is 25.3 Å². The number of fused-ring (bicyclic) bond motifs is 1. The lowest BCUT2D eigenvalue weighted by atomic mass is 9.96. The molecule has 0 radical (unpaired) electrons. The molecule has 0 amide bonds. The van der Waals surface area contributed by atoms with Gasteiger partial charge in [0.15, 0.2) is 0 Å². The average Bonchev–Trinajstić information content (AvgIpc) is 2.87. The smallest absolute Gasteiger partial charge is 0.126 e. The second-order valence-electron chi connectivity index (χ2n) is 5.73. The Morgan fingerprint density at radius 2 is 1.67 bits per heavy atom. The molecule has 1 aliphatic rings. The fourth-order valence-electron chi connectivity index (χ4n) is 3.02. The molecule has 2 N–H and O–H groups in total. The second-order valence-corrected chi connectivity index (χ2v) is 5.73. The SMILES string of the molecule is COc1ccc([C@H]2[C@H](N)C2(C)C)c2ccccc12. The van der Waals surface area contributed by atoms with E-state index in [9.17, 15) is 0 Å². The van der Waals surface area contributed by atoms with Crippen LogP contribution >= 0.6 is 0 Å². The van der Waals surface area contributed by atoms with Crippen molar-refractivity contribution in [2.24, 2.45) is 11.1 Å². The Labute approximate surface area is 108 Å². The van der Waals surface area contributed by atoms with Crippen molar-refractivity contribution in [3.8, 4) is 5.75 Å². The molecule has 2 atom stereocenters. The van der Waals surface area contributed by atoms with Crippen LogP contribution in [0.4, 0.5) is 0 Å². The highest BCUT2D eigenvalue weighted by Crippen LogP contribution is 2.58. The van der Waals surface area contributed by atoms with Crippen molar-refractivity contribution in [2.75, 3.05) is 7.11 Å². The van der Waals surface area contributed by atoms with Crippen molar-refractivity contribution in [2.45, 2.75) is 25.8 Å². The molecule has 18 heavy (non-hydrogen) atoms. The van der Waals surface area contributed by atoms with Gasteiger partial charge in [0.1, 0.15) is 5.75 Å². The second kappa shape index (κ2) is 3.72. The molecule has 0 saturated heterocycles. The van der Waals surface area contributed by atoms with Crippen LogP contribution in [-0.2, 0) is 0 Å². The summed E-state index contributed by atoms with van der Waals surface area (Å²) in [6, 6.07) is 12.9. The third-order valence-corrected chi connectivity index (χ3v) is 4.38. The zero-order chi connectivity index (χ0) is 12.9. The van der Waals surface area contributed by atoms with Gasteiger partial charge >= 0.3 is 0 Å². The van der Waals surface area contributed by atoms with E-state index in [0.29, 0.717) is 5.92 Å². The summed E-state index contributed by atoms with van der Waals surface area (Å²) in [5.74, 6) is 1.38. The van der Waals surface area contributed by atoms with Gasteiger partial charge in [-0.3, -0.25) is 0 Å². The van der Waals surface area contributed by atoms with Crippen LogP contribution in [0.2, 0.25) is 0 Å². The predicted octanol–water partition coefficient (Wildman–Crippen LogP) is 3.30. The maximum atomic E-state index is 6.21. The van der Waals surface area contributed by atoms with Crippen LogP contribution in [0.25, 0.3) is 10.8 Å². The molecule has 1 aliphatic carbocycles. The van der Waals surface area contributed by atoms with E-state index in [-0.39, 0.29) is 11.5 Å². The number of benzene rings is 2. The van der Waals surface area contributed by atoms with E-state index >= 15 is 0 Å². The summed E-state index contributed by atoms with van der Waals surface area (Å²) in [6.45, 7) is 4.47. The Hall–Kier alpha value is -1.54. The van der Waals surface area contributed by atoms with Crippen molar-refractivity contribution in [1.82, 2.24) is 0 Å². The van der Waals surface area contributed by atoms with Crippen LogP contribution in [0, 0.1) is 5.41 Å². The zero-order valence-corrected chi connectivity index (χ0v) is 11.1. The first kappa shape index (κ1) is 11.5. The van der Waals surface area contributed by atoms with Crippen LogP contribution in [0.15, 0.2) is 36.4 Å². The number of rotatable bonds is 2. The highest BCUT2D eigenvalue weighted by molar-refractivity contribution is 5.92. The number of hydrogen-bond acceptors (Lipinski definition) is 2. The van der Waals surface area contributed by atoms with Gasteiger partial charge in [0.05, 0.1) is 7.11 Å². The quantitative estimate of drug-likeness (QED) is 0.875. The molecule has 94 valence electrons. The molecule has 0 bridgehead atoms. The summed E-state index contributed by atoms with van der Waals surface area (Å²) < 4.78 is 5.43. The highest BCUT2D eigenvalue weighted by atomic mass is 16.5. The van der Waals surface area contributed by atoms with E-state index in [4.69, 9.17) is 10.5 Å². The molecule has 3 rings (SSSR count). The summed E-state index contributed by atoms with van der Waals surface area (Å²) in [5, 5.41) is 2.44. The molecule has 2 nitrogen and oxygen atoms in total. The van der Waals surface area contributed by atoms with E-state index < -0.39 is 0 Å². The Kier molecular flexibility index (Phi) is 2.39. The fourth-order valence-corrected chi connectivity index (χ4v) is 3.02. The van der Waals surface area contributed by atoms with Crippen molar-refractivity contribution in [3.63, 3.8) is 0 Å². The lowest BCUT2D eigenvalue weighted by molar-refractivity contribution is 0.419. The molecule has 0 heterocycles. The van der Waals surface area contributed by atoms with Crippen LogP contribution in [-0.4, -0.2) is 13.2 Å². The molecule has 1 fully saturated rings. The monoisotopic (exact) mass is 241 g/mol. The average molecular weight is 241 g/mol. The van der Waals surface area contributed by atoms with E-state index in [2.05, 4.69) is 44.2 Å². The number of ether oxygens (including phenoxy) is 1. The largest absolute Gasteiger partial charge is 0.496 e. The van der Waals surface area contributed by atoms with Gasteiger partial charge in [0.25, 0.3) is 0 Å². The van der Waals surface area contributed by atoms with Gasteiger partial charge in [-0.25, -0.2) is 0 Å². The van der Waals surface area contributed by atoms with E-state index in [1.807, 2.05) is 6.07 Å². The molecule has 0 aliphatic heterocycles. The first-order valence-electron chi connectivity index (χ1n) is 6.38. The molecule has 2 heteroatoms. The fraction of sp³-hybridized carbons (Fsp3) is 0.375. The molecular weight excluding hydrogens is 222 g/mol. The van der Waals surface area contributed by atoms with E-state index in [0.717, 1.165) is 5.75 Å². The molecular formula is C16H19NO. The lowest BCUT2D eigenvalue weighted by Crippen LogP contribution is -2.06. The molecule has 0 unspecified atom stereocenters. The number of hydrogen-bond donors (Lipinski definition) is 1. The van der Waals surface area contributed by atoms with Gasteiger partial charge in [-0.15, -0.1) is 0 Å². The number of nitrogens with two attached hydrogens (primary N) is 1. The maximum Gasteiger partial charge on any atom is 0.126 e. The molecule has 0 aromatic heterocycles. The van der Waals surface area contributed by atoms with Crippen LogP contribution in [0.5, 0.6) is 5.75 Å². The minimum Gasteiger partial charge on any atom is -0.496 e. The molecule has 2 aromatic rings. The molecule has 1 saturated carbocycles. The third kappa shape index (κ3) is 1.45. The topological polar surface area (TPSA) is 35.2 Å². The van der Waals surface area contributed by atoms with Gasteiger partial charge in [-0.1, -0.05) is 44.2 Å². The minimum atomic E-state index is 0.206. The Morgan fingerprint density at radius 3 is 2.22 bits per heavy atom. The third-order valence-electron chi connectivity index (χ3n) is 4.38. The van der Waals surface area contributed by atoms with Crippen LogP contribution < -0.4 is 10.5 Å². The molecule has 2 aromatic carbocycles. The zero-order valence-electron chi connectivity index (χ0n) is 11.1. The summed E-state index contributed by atoms with van der Waals surface area (Å²) in [4.78, 5) is 0. The van der Waals surface area contributed by atoms with Crippen molar-refractivity contribution >= 4 is 10.8 Å². The van der Waals surface area contributed by atoms with Gasteiger partial charge in [-0.05, 0) is 22.4 Å². The first-order valence-corrected chi connectivity index (χ1v) is 6.38. The van der Waals surface area contributed by atoms with Crippen molar-refractivity contribution < 1.29 is 4.74 Å². The summed E-state index contributed by atoms with van der Waals surface area (Å²) in [6.07, 6.45) is 0. The summed E-state index contributed by atoms with van der Waals surface area (Å²) in [7, 11) is 1.72. The van der Waals surface area contributed by atoms with E-state index in [1.54, 1.807) is 7.11 Å². The minimum absolute atomic E-state index is 0.206. The van der Waals surface area contributed by atoms with Gasteiger partial charge in [-0.2, -0.15) is 0 Å². The molecule has 0 spiro atoms. The first-order chi connectivity index (χ1) is 8.57. The Bertz CT molecular complexity index is 603. The summed E-state index contributed by atoms with van der Waals surface area (Å²) >= 11 is 0.